The summed E-state index contributed by atoms with van der Waals surface area (Å²) in [4.78, 5) is 8.21. The second-order valence-corrected chi connectivity index (χ2v) is 5.51. The molecule has 0 saturated heterocycles. The number of aryl methyl sites for hydroxylation is 3. The second-order valence-electron chi connectivity index (χ2n) is 5.51. The molecule has 0 amide bonds. The molecule has 0 radical (unpaired) electrons. The normalized spacial score (nSPS) is 11.2. The molecule has 3 aromatic rings. The molecule has 1 heterocycles. The number of aromatic nitrogens is 2. The van der Waals surface area contributed by atoms with Gasteiger partial charge in [-0.15, -0.1) is 0 Å². The van der Waals surface area contributed by atoms with Gasteiger partial charge in [-0.2, -0.15) is 0 Å². The molecule has 1 N–H and O–H groups in total. The molecular formula is C18H20N2. The summed E-state index contributed by atoms with van der Waals surface area (Å²) >= 11 is 0. The molecule has 102 valence electrons. The van der Waals surface area contributed by atoms with Crippen molar-refractivity contribution in [2.75, 3.05) is 0 Å². The predicted molar refractivity (Wildman–Crippen MR) is 85.0 cm³/mol. The Morgan fingerprint density at radius 3 is 2.70 bits per heavy atom. The lowest BCUT2D eigenvalue weighted by molar-refractivity contribution is 0.920. The number of nitrogens with zero attached hydrogens (tertiary/aromatic N) is 1. The maximum absolute atomic E-state index is 4.77. The molecule has 0 bridgehead atoms. The largest absolute Gasteiger partial charge is 0.338 e. The zero-order valence-corrected chi connectivity index (χ0v) is 12.3. The Balaban J connectivity index is 2.12. The minimum absolute atomic E-state index is 0.968. The highest BCUT2D eigenvalue weighted by atomic mass is 14.9. The average Bonchev–Trinajstić information content (AvgIpc) is 2.84. The lowest BCUT2D eigenvalue weighted by Crippen LogP contribution is -1.89. The van der Waals surface area contributed by atoms with Crippen molar-refractivity contribution in [3.8, 4) is 11.4 Å². The molecule has 0 atom stereocenters. The highest BCUT2D eigenvalue weighted by Gasteiger charge is 2.08. The average molecular weight is 264 g/mol. The number of H-pyrrole nitrogens is 1. The first kappa shape index (κ1) is 12.9. The fraction of sp³-hybridized carbons (Fsp3) is 0.278. The standard InChI is InChI=1S/C18H20N2/c1-4-6-14-9-12(2)10-15(11-14)18-19-16-8-5-7-13(3)17(16)20-18/h5,7-11H,4,6H2,1-3H3,(H,19,20). The van der Waals surface area contributed by atoms with Gasteiger partial charge >= 0.3 is 0 Å². The zero-order valence-electron chi connectivity index (χ0n) is 12.3. The van der Waals surface area contributed by atoms with Crippen LogP contribution in [0.15, 0.2) is 36.4 Å². The van der Waals surface area contributed by atoms with E-state index in [9.17, 15) is 0 Å². The number of rotatable bonds is 3. The topological polar surface area (TPSA) is 28.7 Å². The lowest BCUT2D eigenvalue weighted by atomic mass is 10.0. The van der Waals surface area contributed by atoms with Gasteiger partial charge < -0.3 is 4.98 Å². The summed E-state index contributed by atoms with van der Waals surface area (Å²) in [5.41, 5.74) is 7.26. The molecule has 0 aliphatic heterocycles. The van der Waals surface area contributed by atoms with Crippen LogP contribution >= 0.6 is 0 Å². The molecule has 1 aromatic heterocycles. The van der Waals surface area contributed by atoms with Gasteiger partial charge in [-0.25, -0.2) is 4.98 Å². The molecule has 2 nitrogen and oxygen atoms in total. The van der Waals surface area contributed by atoms with Gasteiger partial charge in [-0.05, 0) is 49.6 Å². The Labute approximate surface area is 119 Å². The summed E-state index contributed by atoms with van der Waals surface area (Å²) in [7, 11) is 0. The Hall–Kier alpha value is -2.09. The predicted octanol–water partition coefficient (Wildman–Crippen LogP) is 4.80. The minimum Gasteiger partial charge on any atom is -0.338 e. The van der Waals surface area contributed by atoms with Crippen LogP contribution in [0.4, 0.5) is 0 Å². The first-order chi connectivity index (χ1) is 9.67. The van der Waals surface area contributed by atoms with Crippen LogP contribution in [0.3, 0.4) is 0 Å². The van der Waals surface area contributed by atoms with Crippen molar-refractivity contribution in [2.45, 2.75) is 33.6 Å². The Kier molecular flexibility index (Phi) is 3.31. The summed E-state index contributed by atoms with van der Waals surface area (Å²) in [6.07, 6.45) is 2.29. The van der Waals surface area contributed by atoms with Gasteiger partial charge in [-0.3, -0.25) is 0 Å². The third kappa shape index (κ3) is 2.34. The van der Waals surface area contributed by atoms with Crippen molar-refractivity contribution < 1.29 is 0 Å². The van der Waals surface area contributed by atoms with Crippen LogP contribution in [0.5, 0.6) is 0 Å². The third-order valence-corrected chi connectivity index (χ3v) is 3.66. The van der Waals surface area contributed by atoms with E-state index in [4.69, 9.17) is 4.98 Å². The maximum atomic E-state index is 4.77. The van der Waals surface area contributed by atoms with Crippen molar-refractivity contribution in [1.29, 1.82) is 0 Å². The first-order valence-corrected chi connectivity index (χ1v) is 7.23. The van der Waals surface area contributed by atoms with E-state index in [1.54, 1.807) is 0 Å². The number of fused-ring (bicyclic) bond motifs is 1. The summed E-state index contributed by atoms with van der Waals surface area (Å²) in [6, 6.07) is 13.0. The first-order valence-electron chi connectivity index (χ1n) is 7.23. The fourth-order valence-corrected chi connectivity index (χ4v) is 2.74. The van der Waals surface area contributed by atoms with E-state index in [2.05, 4.69) is 62.2 Å². The van der Waals surface area contributed by atoms with Crippen LogP contribution in [0.2, 0.25) is 0 Å². The summed E-state index contributed by atoms with van der Waals surface area (Å²) in [5, 5.41) is 0. The van der Waals surface area contributed by atoms with Crippen LogP contribution in [-0.4, -0.2) is 9.97 Å². The monoisotopic (exact) mass is 264 g/mol. The molecule has 0 unspecified atom stereocenters. The summed E-state index contributed by atoms with van der Waals surface area (Å²) in [6.45, 7) is 6.47. The highest BCUT2D eigenvalue weighted by Crippen LogP contribution is 2.24. The van der Waals surface area contributed by atoms with Gasteiger partial charge in [0.2, 0.25) is 0 Å². The van der Waals surface area contributed by atoms with E-state index in [0.29, 0.717) is 0 Å². The number of imidazole rings is 1. The molecule has 0 saturated carbocycles. The highest BCUT2D eigenvalue weighted by molar-refractivity contribution is 5.82. The molecule has 0 spiro atoms. The van der Waals surface area contributed by atoms with Gasteiger partial charge in [0.05, 0.1) is 11.0 Å². The fourth-order valence-electron chi connectivity index (χ4n) is 2.74. The van der Waals surface area contributed by atoms with Gasteiger partial charge in [0.1, 0.15) is 5.82 Å². The SMILES string of the molecule is CCCc1cc(C)cc(-c2nc3c(C)cccc3[nH]2)c1. The van der Waals surface area contributed by atoms with Gasteiger partial charge in [0.15, 0.2) is 0 Å². The van der Waals surface area contributed by atoms with Crippen LogP contribution in [0.25, 0.3) is 22.4 Å². The molecule has 3 rings (SSSR count). The van der Waals surface area contributed by atoms with E-state index in [0.717, 1.165) is 23.3 Å². The van der Waals surface area contributed by atoms with Crippen LogP contribution in [-0.2, 0) is 6.42 Å². The Bertz CT molecular complexity index is 753. The van der Waals surface area contributed by atoms with Crippen LogP contribution < -0.4 is 0 Å². The molecule has 20 heavy (non-hydrogen) atoms. The van der Waals surface area contributed by atoms with Gasteiger partial charge in [0.25, 0.3) is 0 Å². The van der Waals surface area contributed by atoms with Crippen molar-refractivity contribution in [1.82, 2.24) is 9.97 Å². The quantitative estimate of drug-likeness (QED) is 0.723. The number of nitrogens with one attached hydrogen (secondary N) is 1. The van der Waals surface area contributed by atoms with E-state index in [1.807, 2.05) is 0 Å². The molecule has 0 aliphatic rings. The van der Waals surface area contributed by atoms with Gasteiger partial charge in [-0.1, -0.05) is 37.1 Å². The van der Waals surface area contributed by atoms with Crippen LogP contribution in [0, 0.1) is 13.8 Å². The molecule has 2 heteroatoms. The maximum Gasteiger partial charge on any atom is 0.138 e. The van der Waals surface area contributed by atoms with Crippen molar-refractivity contribution in [3.05, 3.63) is 53.1 Å². The number of benzene rings is 2. The smallest absolute Gasteiger partial charge is 0.138 e. The molecule has 0 fully saturated rings. The van der Waals surface area contributed by atoms with Crippen molar-refractivity contribution >= 4 is 11.0 Å². The Morgan fingerprint density at radius 2 is 1.95 bits per heavy atom. The Morgan fingerprint density at radius 1 is 1.10 bits per heavy atom. The number of aromatic amines is 1. The molecule has 0 aliphatic carbocycles. The van der Waals surface area contributed by atoms with Gasteiger partial charge in [0, 0.05) is 5.56 Å². The summed E-state index contributed by atoms with van der Waals surface area (Å²) < 4.78 is 0. The van der Waals surface area contributed by atoms with E-state index >= 15 is 0 Å². The van der Waals surface area contributed by atoms with E-state index in [-0.39, 0.29) is 0 Å². The van der Waals surface area contributed by atoms with Crippen molar-refractivity contribution in [2.24, 2.45) is 0 Å². The number of hydrogen-bond donors (Lipinski definition) is 1. The van der Waals surface area contributed by atoms with Crippen LogP contribution in [0.1, 0.15) is 30.0 Å². The zero-order chi connectivity index (χ0) is 14.1. The minimum atomic E-state index is 0.968. The second kappa shape index (κ2) is 5.12. The third-order valence-electron chi connectivity index (χ3n) is 3.66. The number of hydrogen-bond acceptors (Lipinski definition) is 1. The molecule has 2 aromatic carbocycles. The lowest BCUT2D eigenvalue weighted by Gasteiger charge is -2.04. The van der Waals surface area contributed by atoms with Crippen molar-refractivity contribution in [3.63, 3.8) is 0 Å². The molecular weight excluding hydrogens is 244 g/mol. The summed E-state index contributed by atoms with van der Waals surface area (Å²) in [5.74, 6) is 0.968. The van der Waals surface area contributed by atoms with E-state index < -0.39 is 0 Å². The van der Waals surface area contributed by atoms with E-state index in [1.165, 1.54) is 28.7 Å². The number of para-hydroxylation sites is 1.